The molecule has 0 heterocycles. The average Bonchev–Trinajstić information content (AvgIpc) is 2.34. The summed E-state index contributed by atoms with van der Waals surface area (Å²) >= 11 is 2.99. The van der Waals surface area contributed by atoms with E-state index in [4.69, 9.17) is 5.73 Å². The van der Waals surface area contributed by atoms with Crippen LogP contribution in [0.4, 0.5) is 18.9 Å². The molecule has 0 saturated heterocycles. The van der Waals surface area contributed by atoms with Crippen LogP contribution in [0, 0.1) is 0 Å². The van der Waals surface area contributed by atoms with E-state index in [0.29, 0.717) is 6.42 Å². The number of alkyl halides is 3. The maximum absolute atomic E-state index is 12.7. The number of benzene rings is 1. The molecule has 0 aromatic heterocycles. The summed E-state index contributed by atoms with van der Waals surface area (Å²) in [4.78, 5) is 11.8. The van der Waals surface area contributed by atoms with Gasteiger partial charge >= 0.3 is 6.18 Å². The van der Waals surface area contributed by atoms with Gasteiger partial charge < -0.3 is 11.1 Å². The monoisotopic (exact) mass is 352 g/mol. The molecule has 0 radical (unpaired) electrons. The average molecular weight is 353 g/mol. The third kappa shape index (κ3) is 5.13. The molecule has 1 aromatic carbocycles. The lowest BCUT2D eigenvalue weighted by Crippen LogP contribution is -2.35. The van der Waals surface area contributed by atoms with Gasteiger partial charge in [0.2, 0.25) is 5.91 Å². The van der Waals surface area contributed by atoms with Gasteiger partial charge in [-0.1, -0.05) is 35.7 Å². The molecule has 3 nitrogen and oxygen atoms in total. The summed E-state index contributed by atoms with van der Waals surface area (Å²) in [6, 6.07) is 2.52. The van der Waals surface area contributed by atoms with Crippen molar-refractivity contribution in [2.75, 3.05) is 5.32 Å². The number of rotatable bonds is 5. The predicted octanol–water partition coefficient (Wildman–Crippen LogP) is 3.92. The van der Waals surface area contributed by atoms with Crippen LogP contribution in [0.5, 0.6) is 0 Å². The van der Waals surface area contributed by atoms with E-state index in [1.165, 1.54) is 6.07 Å². The standard InChI is InChI=1S/C13H16BrF3N2O/c1-2-3-4-11(18)12(20)19-10-6-8(13(15,16)17)5-9(14)7-10/h5-7,11H,2-4,18H2,1H3,(H,19,20). The second-order valence-electron chi connectivity index (χ2n) is 4.46. The largest absolute Gasteiger partial charge is 0.416 e. The van der Waals surface area contributed by atoms with Gasteiger partial charge in [-0.2, -0.15) is 13.2 Å². The molecule has 0 aliphatic carbocycles. The van der Waals surface area contributed by atoms with Gasteiger partial charge in [0, 0.05) is 10.2 Å². The summed E-state index contributed by atoms with van der Waals surface area (Å²) in [6.45, 7) is 1.97. The van der Waals surface area contributed by atoms with Gasteiger partial charge in [0.15, 0.2) is 0 Å². The quantitative estimate of drug-likeness (QED) is 0.843. The number of unbranched alkanes of at least 4 members (excludes halogenated alkanes) is 1. The van der Waals surface area contributed by atoms with Crippen molar-refractivity contribution >= 4 is 27.5 Å². The zero-order valence-electron chi connectivity index (χ0n) is 10.9. The summed E-state index contributed by atoms with van der Waals surface area (Å²) in [5.41, 5.74) is 4.91. The Balaban J connectivity index is 2.82. The van der Waals surface area contributed by atoms with Crippen molar-refractivity contribution in [3.63, 3.8) is 0 Å². The van der Waals surface area contributed by atoms with Crippen LogP contribution in [0.1, 0.15) is 31.7 Å². The Labute approximate surface area is 123 Å². The second kappa shape index (κ2) is 7.08. The summed E-state index contributed by atoms with van der Waals surface area (Å²) in [7, 11) is 0. The van der Waals surface area contributed by atoms with E-state index in [-0.39, 0.29) is 10.2 Å². The fourth-order valence-corrected chi connectivity index (χ4v) is 2.11. The molecule has 7 heteroatoms. The molecule has 1 rings (SSSR count). The zero-order valence-corrected chi connectivity index (χ0v) is 12.5. The minimum absolute atomic E-state index is 0.0728. The lowest BCUT2D eigenvalue weighted by Gasteiger charge is -2.14. The lowest BCUT2D eigenvalue weighted by molar-refractivity contribution is -0.137. The molecule has 0 aliphatic heterocycles. The SMILES string of the molecule is CCCCC(N)C(=O)Nc1cc(Br)cc(C(F)(F)F)c1. The number of carbonyl (C=O) groups excluding carboxylic acids is 1. The van der Waals surface area contributed by atoms with Crippen LogP contribution >= 0.6 is 15.9 Å². The van der Waals surface area contributed by atoms with Crippen LogP contribution in [-0.2, 0) is 11.0 Å². The molecule has 112 valence electrons. The highest BCUT2D eigenvalue weighted by molar-refractivity contribution is 9.10. The van der Waals surface area contributed by atoms with Gasteiger partial charge in [-0.25, -0.2) is 0 Å². The third-order valence-electron chi connectivity index (χ3n) is 2.70. The number of halogens is 4. The molecule has 3 N–H and O–H groups in total. The van der Waals surface area contributed by atoms with Crippen molar-refractivity contribution in [3.05, 3.63) is 28.2 Å². The molecule has 0 fully saturated rings. The molecule has 0 spiro atoms. The molecule has 0 saturated carbocycles. The maximum Gasteiger partial charge on any atom is 0.416 e. The highest BCUT2D eigenvalue weighted by Gasteiger charge is 2.31. The lowest BCUT2D eigenvalue weighted by atomic mass is 10.1. The van der Waals surface area contributed by atoms with E-state index in [2.05, 4.69) is 21.2 Å². The van der Waals surface area contributed by atoms with Gasteiger partial charge in [0.1, 0.15) is 0 Å². The molecule has 1 atom stereocenters. The maximum atomic E-state index is 12.7. The Morgan fingerprint density at radius 3 is 2.60 bits per heavy atom. The van der Waals surface area contributed by atoms with Crippen LogP contribution in [0.2, 0.25) is 0 Å². The van der Waals surface area contributed by atoms with E-state index in [1.54, 1.807) is 0 Å². The Morgan fingerprint density at radius 2 is 2.05 bits per heavy atom. The van der Waals surface area contributed by atoms with Gasteiger partial charge in [-0.05, 0) is 24.6 Å². The highest BCUT2D eigenvalue weighted by atomic mass is 79.9. The van der Waals surface area contributed by atoms with Crippen molar-refractivity contribution < 1.29 is 18.0 Å². The molecule has 0 aliphatic rings. The van der Waals surface area contributed by atoms with Crippen LogP contribution in [0.3, 0.4) is 0 Å². The fraction of sp³-hybridized carbons (Fsp3) is 0.462. The van der Waals surface area contributed by atoms with Crippen molar-refractivity contribution in [2.24, 2.45) is 5.73 Å². The van der Waals surface area contributed by atoms with Crippen LogP contribution in [0.25, 0.3) is 0 Å². The topological polar surface area (TPSA) is 55.1 Å². The molecule has 1 unspecified atom stereocenters. The van der Waals surface area contributed by atoms with Gasteiger partial charge in [0.25, 0.3) is 0 Å². The third-order valence-corrected chi connectivity index (χ3v) is 3.16. The van der Waals surface area contributed by atoms with Crippen molar-refractivity contribution in [1.82, 2.24) is 0 Å². The number of amides is 1. The number of hydrogen-bond donors (Lipinski definition) is 2. The van der Waals surface area contributed by atoms with Crippen molar-refractivity contribution in [2.45, 2.75) is 38.4 Å². The summed E-state index contributed by atoms with van der Waals surface area (Å²) in [5.74, 6) is -0.482. The van der Waals surface area contributed by atoms with E-state index in [9.17, 15) is 18.0 Å². The Bertz CT molecular complexity index is 477. The first-order valence-electron chi connectivity index (χ1n) is 6.18. The molecule has 1 aromatic rings. The van der Waals surface area contributed by atoms with Crippen molar-refractivity contribution in [3.8, 4) is 0 Å². The van der Waals surface area contributed by atoms with Crippen LogP contribution < -0.4 is 11.1 Å². The molecule has 20 heavy (non-hydrogen) atoms. The summed E-state index contributed by atoms with van der Waals surface area (Å²) in [6.07, 6.45) is -2.27. The number of hydrogen-bond acceptors (Lipinski definition) is 2. The minimum atomic E-state index is -4.46. The number of anilines is 1. The normalized spacial score (nSPS) is 13.1. The van der Waals surface area contributed by atoms with Crippen molar-refractivity contribution in [1.29, 1.82) is 0 Å². The first-order valence-corrected chi connectivity index (χ1v) is 6.97. The molecule has 0 bridgehead atoms. The van der Waals surface area contributed by atoms with Gasteiger partial charge in [-0.15, -0.1) is 0 Å². The van der Waals surface area contributed by atoms with Gasteiger partial charge in [-0.3, -0.25) is 4.79 Å². The van der Waals surface area contributed by atoms with E-state index < -0.39 is 23.7 Å². The molecular formula is C13H16BrF3N2O. The Morgan fingerprint density at radius 1 is 1.40 bits per heavy atom. The zero-order chi connectivity index (χ0) is 15.3. The smallest absolute Gasteiger partial charge is 0.325 e. The number of carbonyl (C=O) groups is 1. The predicted molar refractivity (Wildman–Crippen MR) is 75.3 cm³/mol. The minimum Gasteiger partial charge on any atom is -0.325 e. The Hall–Kier alpha value is -1.08. The van der Waals surface area contributed by atoms with E-state index in [1.807, 2.05) is 6.92 Å². The van der Waals surface area contributed by atoms with Gasteiger partial charge in [0.05, 0.1) is 11.6 Å². The highest BCUT2D eigenvalue weighted by Crippen LogP contribution is 2.33. The molecule has 1 amide bonds. The summed E-state index contributed by atoms with van der Waals surface area (Å²) < 4.78 is 38.2. The molecular weight excluding hydrogens is 337 g/mol. The summed E-state index contributed by atoms with van der Waals surface area (Å²) in [5, 5.41) is 2.41. The van der Waals surface area contributed by atoms with E-state index in [0.717, 1.165) is 25.0 Å². The first kappa shape index (κ1) is 17.0. The van der Waals surface area contributed by atoms with Crippen LogP contribution in [0.15, 0.2) is 22.7 Å². The Kier molecular flexibility index (Phi) is 6.01. The number of nitrogens with one attached hydrogen (secondary N) is 1. The van der Waals surface area contributed by atoms with E-state index >= 15 is 0 Å². The fourth-order valence-electron chi connectivity index (χ4n) is 1.62. The number of nitrogens with two attached hydrogens (primary N) is 1. The van der Waals surface area contributed by atoms with Crippen LogP contribution in [-0.4, -0.2) is 11.9 Å². The second-order valence-corrected chi connectivity index (χ2v) is 5.38. The first-order chi connectivity index (χ1) is 9.24.